The molecule has 1 fully saturated rings. The topological polar surface area (TPSA) is 92.8 Å². The lowest BCUT2D eigenvalue weighted by atomic mass is 9.73. The van der Waals surface area contributed by atoms with Crippen LogP contribution in [-0.4, -0.2) is 27.5 Å². The largest absolute Gasteiger partial charge is 0.511 e. The van der Waals surface area contributed by atoms with Crippen LogP contribution in [0.1, 0.15) is 67.8 Å². The number of ketones is 2. The lowest BCUT2D eigenvalue weighted by Gasteiger charge is -2.31. The number of Topliss-reactive ketones (excluding diaryl/α,β-unsaturated/α-hetero) is 2. The minimum absolute atomic E-state index is 0.0000441. The zero-order valence-electron chi connectivity index (χ0n) is 19.6. The molecule has 0 saturated heterocycles. The van der Waals surface area contributed by atoms with Gasteiger partial charge in [0.2, 0.25) is 0 Å². The van der Waals surface area contributed by atoms with E-state index in [9.17, 15) is 14.7 Å². The van der Waals surface area contributed by atoms with Gasteiger partial charge in [-0.25, -0.2) is 0 Å². The number of aliphatic imine (C=N–C) groups is 1. The summed E-state index contributed by atoms with van der Waals surface area (Å²) in [7, 11) is 0. The van der Waals surface area contributed by atoms with Gasteiger partial charge in [-0.15, -0.1) is 0 Å². The number of fused-ring (bicyclic) bond motifs is 2. The molecule has 0 bridgehead atoms. The van der Waals surface area contributed by atoms with Crippen LogP contribution in [0, 0.1) is 5.41 Å². The zero-order chi connectivity index (χ0) is 23.9. The van der Waals surface area contributed by atoms with E-state index >= 15 is 0 Å². The molecule has 1 aromatic heterocycles. The van der Waals surface area contributed by atoms with Gasteiger partial charge in [-0.3, -0.25) is 14.6 Å². The van der Waals surface area contributed by atoms with Gasteiger partial charge in [0, 0.05) is 32.1 Å². The summed E-state index contributed by atoms with van der Waals surface area (Å²) in [6.45, 7) is 4.09. The van der Waals surface area contributed by atoms with Crippen molar-refractivity contribution in [2.24, 2.45) is 10.4 Å². The molecule has 2 aliphatic carbocycles. The Morgan fingerprint density at radius 1 is 1.06 bits per heavy atom. The zero-order valence-corrected chi connectivity index (χ0v) is 19.6. The van der Waals surface area contributed by atoms with Crippen molar-refractivity contribution in [1.29, 1.82) is 0 Å². The molecule has 0 atom stereocenters. The van der Waals surface area contributed by atoms with Gasteiger partial charge in [-0.05, 0) is 41.2 Å². The Morgan fingerprint density at radius 2 is 1.85 bits per heavy atom. The standard InChI is InChI=1S/C28H28N2O4/c1-28(2)15-21(29-19-11-10-17-6-3-4-7-18(17)14-19)26(24(33)16-28)23(32)13-12-20-27-22(31)8-5-9-25(27)34-30-20/h3-4,6-7,10-11,14,32H,5,8-9,12-13,15-16H2,1-2H3/b26-23+,29-21?. The number of nitrogens with zero attached hydrogens (tertiary/aromatic N) is 2. The molecule has 1 heterocycles. The van der Waals surface area contributed by atoms with E-state index in [1.165, 1.54) is 0 Å². The molecule has 1 saturated carbocycles. The van der Waals surface area contributed by atoms with Gasteiger partial charge in [0.25, 0.3) is 0 Å². The number of hydrogen-bond acceptors (Lipinski definition) is 6. The van der Waals surface area contributed by atoms with Crippen molar-refractivity contribution in [1.82, 2.24) is 5.16 Å². The Kier molecular flexibility index (Phi) is 5.68. The molecule has 0 spiro atoms. The maximum absolute atomic E-state index is 13.1. The number of aliphatic hydroxyl groups excluding tert-OH is 1. The highest BCUT2D eigenvalue weighted by molar-refractivity contribution is 6.25. The second-order valence-electron chi connectivity index (χ2n) is 10.1. The van der Waals surface area contributed by atoms with Crippen LogP contribution in [0.5, 0.6) is 0 Å². The summed E-state index contributed by atoms with van der Waals surface area (Å²) in [4.78, 5) is 30.3. The molecule has 2 aromatic carbocycles. The van der Waals surface area contributed by atoms with E-state index in [-0.39, 0.29) is 29.2 Å². The van der Waals surface area contributed by atoms with Gasteiger partial charge in [-0.1, -0.05) is 49.3 Å². The number of benzene rings is 2. The van der Waals surface area contributed by atoms with Crippen molar-refractivity contribution in [3.63, 3.8) is 0 Å². The molecule has 5 rings (SSSR count). The number of carbonyl (C=O) groups is 2. The van der Waals surface area contributed by atoms with Crippen molar-refractivity contribution >= 4 is 33.7 Å². The smallest absolute Gasteiger partial charge is 0.168 e. The van der Waals surface area contributed by atoms with Gasteiger partial charge in [0.05, 0.1) is 28.2 Å². The average molecular weight is 457 g/mol. The number of carbonyl (C=O) groups excluding carboxylic acids is 2. The Hall–Kier alpha value is -3.54. The molecule has 0 aliphatic heterocycles. The van der Waals surface area contributed by atoms with Crippen LogP contribution in [0.3, 0.4) is 0 Å². The summed E-state index contributed by atoms with van der Waals surface area (Å²) in [5.41, 5.74) is 2.53. The van der Waals surface area contributed by atoms with E-state index < -0.39 is 0 Å². The van der Waals surface area contributed by atoms with Gasteiger partial charge in [0.1, 0.15) is 11.5 Å². The SMILES string of the molecule is CC1(C)CC(=O)/C(=C(/O)CCc2noc3c2C(=O)CCC3)C(=Nc2ccc3ccccc3c2)C1. The number of aromatic nitrogens is 1. The Labute approximate surface area is 198 Å². The van der Waals surface area contributed by atoms with Crippen molar-refractivity contribution < 1.29 is 19.2 Å². The van der Waals surface area contributed by atoms with E-state index in [1.54, 1.807) is 0 Å². The first-order chi connectivity index (χ1) is 16.3. The van der Waals surface area contributed by atoms with Crippen LogP contribution in [0.25, 0.3) is 10.8 Å². The van der Waals surface area contributed by atoms with Crippen LogP contribution in [0.2, 0.25) is 0 Å². The minimum atomic E-state index is -0.242. The molecule has 34 heavy (non-hydrogen) atoms. The molecule has 0 radical (unpaired) electrons. The van der Waals surface area contributed by atoms with Crippen molar-refractivity contribution in [2.45, 2.75) is 58.8 Å². The highest BCUT2D eigenvalue weighted by Crippen LogP contribution is 2.37. The maximum atomic E-state index is 13.1. The fourth-order valence-corrected chi connectivity index (χ4v) is 5.03. The average Bonchev–Trinajstić information content (AvgIpc) is 3.21. The lowest BCUT2D eigenvalue weighted by Crippen LogP contribution is -2.32. The number of hydrogen-bond donors (Lipinski definition) is 1. The molecule has 1 N–H and O–H groups in total. The number of rotatable bonds is 4. The Bertz CT molecular complexity index is 1360. The third-order valence-corrected chi connectivity index (χ3v) is 6.66. The van der Waals surface area contributed by atoms with Gasteiger partial charge in [0.15, 0.2) is 11.6 Å². The Balaban J connectivity index is 1.48. The summed E-state index contributed by atoms with van der Waals surface area (Å²) in [5, 5.41) is 17.3. The first-order valence-corrected chi connectivity index (χ1v) is 11.8. The molecule has 6 nitrogen and oxygen atoms in total. The molecular weight excluding hydrogens is 428 g/mol. The minimum Gasteiger partial charge on any atom is -0.511 e. The first-order valence-electron chi connectivity index (χ1n) is 11.8. The van der Waals surface area contributed by atoms with E-state index in [0.717, 1.165) is 22.9 Å². The second kappa shape index (κ2) is 8.67. The number of aryl methyl sites for hydroxylation is 2. The maximum Gasteiger partial charge on any atom is 0.168 e. The molecule has 3 aromatic rings. The molecule has 6 heteroatoms. The molecule has 0 unspecified atom stereocenters. The van der Waals surface area contributed by atoms with Crippen LogP contribution >= 0.6 is 0 Å². The predicted molar refractivity (Wildman–Crippen MR) is 131 cm³/mol. The summed E-state index contributed by atoms with van der Waals surface area (Å²) in [6, 6.07) is 14.0. The number of allylic oxidation sites excluding steroid dienone is 2. The summed E-state index contributed by atoms with van der Waals surface area (Å²) in [5.74, 6) is 0.567. The quantitative estimate of drug-likeness (QED) is 0.370. The molecular formula is C28H28N2O4. The van der Waals surface area contributed by atoms with E-state index in [1.807, 2.05) is 56.3 Å². The molecule has 174 valence electrons. The third kappa shape index (κ3) is 4.32. The molecule has 2 aliphatic rings. The predicted octanol–water partition coefficient (Wildman–Crippen LogP) is 6.25. The summed E-state index contributed by atoms with van der Waals surface area (Å²) >= 11 is 0. The highest BCUT2D eigenvalue weighted by Gasteiger charge is 2.36. The fourth-order valence-electron chi connectivity index (χ4n) is 5.03. The molecule has 0 amide bonds. The first kappa shape index (κ1) is 22.3. The van der Waals surface area contributed by atoms with E-state index in [4.69, 9.17) is 9.52 Å². The lowest BCUT2D eigenvalue weighted by molar-refractivity contribution is -0.117. The van der Waals surface area contributed by atoms with Crippen molar-refractivity contribution in [3.8, 4) is 0 Å². The van der Waals surface area contributed by atoms with Crippen molar-refractivity contribution in [2.75, 3.05) is 0 Å². The van der Waals surface area contributed by atoms with Crippen LogP contribution in [0.4, 0.5) is 5.69 Å². The normalized spacial score (nSPS) is 20.6. The summed E-state index contributed by atoms with van der Waals surface area (Å²) < 4.78 is 5.36. The van der Waals surface area contributed by atoms with Gasteiger partial charge < -0.3 is 9.63 Å². The van der Waals surface area contributed by atoms with Crippen molar-refractivity contribution in [3.05, 3.63) is 70.8 Å². The van der Waals surface area contributed by atoms with E-state index in [2.05, 4.69) is 5.16 Å². The van der Waals surface area contributed by atoms with Gasteiger partial charge in [-0.2, -0.15) is 0 Å². The highest BCUT2D eigenvalue weighted by atomic mass is 16.5. The fraction of sp³-hybridized carbons (Fsp3) is 0.357. The van der Waals surface area contributed by atoms with Crippen LogP contribution in [-0.2, 0) is 17.6 Å². The Morgan fingerprint density at radius 3 is 2.68 bits per heavy atom. The second-order valence-corrected chi connectivity index (χ2v) is 10.1. The van der Waals surface area contributed by atoms with Crippen LogP contribution < -0.4 is 0 Å². The monoisotopic (exact) mass is 456 g/mol. The van der Waals surface area contributed by atoms with Crippen LogP contribution in [0.15, 0.2) is 63.3 Å². The third-order valence-electron chi connectivity index (χ3n) is 6.66. The number of aliphatic hydroxyl groups is 1. The van der Waals surface area contributed by atoms with Gasteiger partial charge >= 0.3 is 0 Å². The van der Waals surface area contributed by atoms with E-state index in [0.29, 0.717) is 60.4 Å². The summed E-state index contributed by atoms with van der Waals surface area (Å²) in [6.07, 6.45) is 3.43.